The summed E-state index contributed by atoms with van der Waals surface area (Å²) in [5.74, 6) is 0.752. The van der Waals surface area contributed by atoms with Crippen LogP contribution in [0, 0.1) is 5.92 Å². The van der Waals surface area contributed by atoms with Gasteiger partial charge in [0.05, 0.1) is 24.1 Å². The molecule has 2 heterocycles. The molecular formula is C17H22ClN5O. The quantitative estimate of drug-likeness (QED) is 0.895. The van der Waals surface area contributed by atoms with Crippen LogP contribution in [0.3, 0.4) is 0 Å². The van der Waals surface area contributed by atoms with Gasteiger partial charge in [-0.3, -0.25) is 4.79 Å². The van der Waals surface area contributed by atoms with Crippen molar-refractivity contribution in [2.75, 3.05) is 5.32 Å². The average Bonchev–Trinajstić information content (AvgIpc) is 3.25. The summed E-state index contributed by atoms with van der Waals surface area (Å²) in [6.07, 6.45) is 9.45. The molecule has 1 saturated carbocycles. The van der Waals surface area contributed by atoms with Crippen molar-refractivity contribution in [3.05, 3.63) is 36.7 Å². The van der Waals surface area contributed by atoms with Crippen LogP contribution in [0.4, 0.5) is 5.69 Å². The van der Waals surface area contributed by atoms with Crippen LogP contribution in [0.15, 0.2) is 36.7 Å². The molecule has 1 aliphatic heterocycles. The minimum absolute atomic E-state index is 0. The number of benzene rings is 1. The van der Waals surface area contributed by atoms with E-state index in [4.69, 9.17) is 0 Å². The van der Waals surface area contributed by atoms with Crippen molar-refractivity contribution in [2.24, 2.45) is 5.92 Å². The maximum absolute atomic E-state index is 12.5. The lowest BCUT2D eigenvalue weighted by Crippen LogP contribution is -2.39. The lowest BCUT2D eigenvalue weighted by Gasteiger charge is -2.24. The van der Waals surface area contributed by atoms with Gasteiger partial charge in [0.1, 0.15) is 0 Å². The maximum Gasteiger partial charge on any atom is 0.241 e. The number of carbonyl (C=O) groups excluding carboxylic acids is 1. The van der Waals surface area contributed by atoms with E-state index in [0.717, 1.165) is 17.8 Å². The van der Waals surface area contributed by atoms with E-state index in [1.165, 1.54) is 25.7 Å². The highest BCUT2D eigenvalue weighted by molar-refractivity contribution is 5.95. The number of halogens is 1. The van der Waals surface area contributed by atoms with Gasteiger partial charge in [0.25, 0.3) is 0 Å². The maximum atomic E-state index is 12.5. The Labute approximate surface area is 147 Å². The first-order valence-electron chi connectivity index (χ1n) is 8.33. The molecule has 0 radical (unpaired) electrons. The number of fused-ring (bicyclic) bond motifs is 1. The molecule has 1 amide bonds. The standard InChI is InChI=1S/C17H21N5O.ClH/c23-17(16-11-12-3-1-2-4-15(12)20-16)19-13-5-7-14(8-6-13)22-10-9-18-21-22;/h5-10,12,15-16,20H,1-4,11H2,(H,19,23);1H. The molecule has 2 aliphatic rings. The molecule has 4 rings (SSSR count). The van der Waals surface area contributed by atoms with Gasteiger partial charge in [0.2, 0.25) is 5.91 Å². The third kappa shape index (κ3) is 3.44. The molecule has 2 N–H and O–H groups in total. The zero-order valence-electron chi connectivity index (χ0n) is 13.4. The predicted octanol–water partition coefficient (Wildman–Crippen LogP) is 2.55. The predicted molar refractivity (Wildman–Crippen MR) is 94.5 cm³/mol. The zero-order chi connectivity index (χ0) is 15.6. The highest BCUT2D eigenvalue weighted by Gasteiger charge is 2.38. The van der Waals surface area contributed by atoms with E-state index in [2.05, 4.69) is 20.9 Å². The fraction of sp³-hybridized carbons (Fsp3) is 0.471. The SMILES string of the molecule is Cl.O=C(Nc1ccc(-n2ccnn2)cc1)C1CC2CCCCC2N1. The van der Waals surface area contributed by atoms with Gasteiger partial charge >= 0.3 is 0 Å². The number of aromatic nitrogens is 3. The first kappa shape index (κ1) is 16.9. The molecule has 1 aliphatic carbocycles. The number of rotatable bonds is 3. The van der Waals surface area contributed by atoms with Crippen LogP contribution in [-0.4, -0.2) is 33.0 Å². The van der Waals surface area contributed by atoms with Crippen LogP contribution in [0.1, 0.15) is 32.1 Å². The first-order chi connectivity index (χ1) is 11.3. The second-order valence-corrected chi connectivity index (χ2v) is 6.49. The number of nitrogens with zero attached hydrogens (tertiary/aromatic N) is 3. The van der Waals surface area contributed by atoms with Gasteiger partial charge in [-0.25, -0.2) is 4.68 Å². The molecule has 1 saturated heterocycles. The third-order valence-corrected chi connectivity index (χ3v) is 5.00. The minimum atomic E-state index is -0.0573. The molecule has 0 spiro atoms. The Kier molecular flexibility index (Phi) is 5.16. The van der Waals surface area contributed by atoms with Gasteiger partial charge in [-0.05, 0) is 49.4 Å². The smallest absolute Gasteiger partial charge is 0.241 e. The van der Waals surface area contributed by atoms with Crippen molar-refractivity contribution in [1.29, 1.82) is 0 Å². The number of anilines is 1. The van der Waals surface area contributed by atoms with Crippen LogP contribution in [0.25, 0.3) is 5.69 Å². The second-order valence-electron chi connectivity index (χ2n) is 6.49. The summed E-state index contributed by atoms with van der Waals surface area (Å²) in [6, 6.07) is 8.12. The summed E-state index contributed by atoms with van der Waals surface area (Å²) in [5.41, 5.74) is 1.74. The fourth-order valence-corrected chi connectivity index (χ4v) is 3.79. The molecule has 3 atom stereocenters. The number of amides is 1. The Morgan fingerprint density at radius 3 is 2.71 bits per heavy atom. The molecule has 1 aromatic carbocycles. The summed E-state index contributed by atoms with van der Waals surface area (Å²) >= 11 is 0. The Bertz CT molecular complexity index is 659. The molecule has 2 fully saturated rings. The number of hydrogen-bond acceptors (Lipinski definition) is 4. The summed E-state index contributed by atoms with van der Waals surface area (Å²) in [4.78, 5) is 12.5. The van der Waals surface area contributed by atoms with Gasteiger partial charge in [-0.2, -0.15) is 0 Å². The van der Waals surface area contributed by atoms with Gasteiger partial charge in [-0.15, -0.1) is 17.5 Å². The Morgan fingerprint density at radius 1 is 1.21 bits per heavy atom. The van der Waals surface area contributed by atoms with Gasteiger partial charge in [0, 0.05) is 11.7 Å². The van der Waals surface area contributed by atoms with Crippen LogP contribution in [-0.2, 0) is 4.79 Å². The third-order valence-electron chi connectivity index (χ3n) is 5.00. The minimum Gasteiger partial charge on any atom is -0.325 e. The fourth-order valence-electron chi connectivity index (χ4n) is 3.79. The summed E-state index contributed by atoms with van der Waals surface area (Å²) in [5, 5.41) is 14.3. The molecule has 128 valence electrons. The van der Waals surface area contributed by atoms with Crippen LogP contribution >= 0.6 is 12.4 Å². The van der Waals surface area contributed by atoms with Crippen LogP contribution in [0.5, 0.6) is 0 Å². The largest absolute Gasteiger partial charge is 0.325 e. The number of nitrogens with one attached hydrogen (secondary N) is 2. The highest BCUT2D eigenvalue weighted by atomic mass is 35.5. The van der Waals surface area contributed by atoms with E-state index in [1.807, 2.05) is 24.3 Å². The van der Waals surface area contributed by atoms with Crippen LogP contribution < -0.4 is 10.6 Å². The number of hydrogen-bond donors (Lipinski definition) is 2. The highest BCUT2D eigenvalue weighted by Crippen LogP contribution is 2.33. The second kappa shape index (κ2) is 7.32. The van der Waals surface area contributed by atoms with E-state index in [-0.39, 0.29) is 24.4 Å². The van der Waals surface area contributed by atoms with E-state index < -0.39 is 0 Å². The van der Waals surface area contributed by atoms with E-state index >= 15 is 0 Å². The Hall–Kier alpha value is -1.92. The lowest BCUT2D eigenvalue weighted by molar-refractivity contribution is -0.117. The summed E-state index contributed by atoms with van der Waals surface area (Å²) in [7, 11) is 0. The summed E-state index contributed by atoms with van der Waals surface area (Å²) in [6.45, 7) is 0. The van der Waals surface area contributed by atoms with Crippen molar-refractivity contribution in [3.63, 3.8) is 0 Å². The molecule has 7 heteroatoms. The molecule has 2 aromatic rings. The van der Waals surface area contributed by atoms with Crippen molar-refractivity contribution in [1.82, 2.24) is 20.3 Å². The molecule has 3 unspecified atom stereocenters. The van der Waals surface area contributed by atoms with Crippen molar-refractivity contribution in [2.45, 2.75) is 44.2 Å². The van der Waals surface area contributed by atoms with Crippen molar-refractivity contribution >= 4 is 24.0 Å². The van der Waals surface area contributed by atoms with E-state index in [9.17, 15) is 4.79 Å². The molecular weight excluding hydrogens is 326 g/mol. The summed E-state index contributed by atoms with van der Waals surface area (Å²) < 4.78 is 1.69. The Morgan fingerprint density at radius 2 is 2.00 bits per heavy atom. The lowest BCUT2D eigenvalue weighted by atomic mass is 9.85. The monoisotopic (exact) mass is 347 g/mol. The van der Waals surface area contributed by atoms with Crippen molar-refractivity contribution < 1.29 is 4.79 Å². The zero-order valence-corrected chi connectivity index (χ0v) is 14.2. The van der Waals surface area contributed by atoms with Gasteiger partial charge in [0.15, 0.2) is 0 Å². The first-order valence-corrected chi connectivity index (χ1v) is 8.33. The van der Waals surface area contributed by atoms with Crippen LogP contribution in [0.2, 0.25) is 0 Å². The molecule has 1 aromatic heterocycles. The average molecular weight is 348 g/mol. The number of carbonyl (C=O) groups is 1. The Balaban J connectivity index is 0.00000169. The van der Waals surface area contributed by atoms with Gasteiger partial charge < -0.3 is 10.6 Å². The topological polar surface area (TPSA) is 71.8 Å². The van der Waals surface area contributed by atoms with Crippen molar-refractivity contribution in [3.8, 4) is 5.69 Å². The normalized spacial score (nSPS) is 25.6. The molecule has 0 bridgehead atoms. The molecule has 6 nitrogen and oxygen atoms in total. The van der Waals surface area contributed by atoms with Gasteiger partial charge in [-0.1, -0.05) is 18.1 Å². The molecule has 24 heavy (non-hydrogen) atoms. The van der Waals surface area contributed by atoms with E-state index in [0.29, 0.717) is 12.0 Å². The van der Waals surface area contributed by atoms with E-state index in [1.54, 1.807) is 17.1 Å².